The van der Waals surface area contributed by atoms with Crippen molar-refractivity contribution in [1.82, 2.24) is 4.57 Å². The van der Waals surface area contributed by atoms with Crippen molar-refractivity contribution in [2.75, 3.05) is 11.5 Å². The van der Waals surface area contributed by atoms with E-state index in [9.17, 15) is 27.2 Å². The van der Waals surface area contributed by atoms with E-state index in [4.69, 9.17) is 4.74 Å². The highest BCUT2D eigenvalue weighted by Crippen LogP contribution is 2.36. The molecule has 9 heteroatoms. The maximum absolute atomic E-state index is 14.2. The number of carbonyl (C=O) groups is 1. The van der Waals surface area contributed by atoms with Crippen LogP contribution in [0.15, 0.2) is 29.1 Å². The van der Waals surface area contributed by atoms with Gasteiger partial charge in [-0.2, -0.15) is 8.78 Å². The van der Waals surface area contributed by atoms with Crippen molar-refractivity contribution < 1.29 is 27.1 Å². The number of nitrogens with zero attached hydrogens (tertiary/aromatic N) is 2. The van der Waals surface area contributed by atoms with E-state index in [1.165, 1.54) is 4.57 Å². The van der Waals surface area contributed by atoms with Crippen LogP contribution in [0.2, 0.25) is 0 Å². The van der Waals surface area contributed by atoms with Crippen LogP contribution in [-0.4, -0.2) is 23.7 Å². The maximum atomic E-state index is 14.2. The Morgan fingerprint density at radius 2 is 2.00 bits per heavy atom. The summed E-state index contributed by atoms with van der Waals surface area (Å²) in [6.07, 6.45) is 0.880. The van der Waals surface area contributed by atoms with Crippen LogP contribution in [0.5, 0.6) is 0 Å². The summed E-state index contributed by atoms with van der Waals surface area (Å²) in [6.45, 7) is -1.39. The quantitative estimate of drug-likeness (QED) is 0.449. The first-order chi connectivity index (χ1) is 12.8. The molecule has 0 atom stereocenters. The van der Waals surface area contributed by atoms with Gasteiger partial charge >= 0.3 is 12.5 Å². The molecule has 0 N–H and O–H groups in total. The number of aromatic nitrogens is 1. The van der Waals surface area contributed by atoms with Crippen molar-refractivity contribution in [3.05, 3.63) is 57.5 Å². The zero-order chi connectivity index (χ0) is 19.7. The molecule has 0 amide bonds. The number of rotatable bonds is 5. The highest BCUT2D eigenvalue weighted by molar-refractivity contribution is 5.98. The molecule has 1 aromatic carbocycles. The molecular formula is C18H16F4N2O3. The van der Waals surface area contributed by atoms with Gasteiger partial charge < -0.3 is 9.30 Å². The second-order valence-electron chi connectivity index (χ2n) is 5.91. The number of pyridine rings is 1. The molecule has 1 aromatic heterocycles. The Balaban J connectivity index is 2.28. The number of hydrogen-bond donors (Lipinski definition) is 0. The minimum absolute atomic E-state index is 0.00354. The molecule has 0 unspecified atom stereocenters. The number of alkyl halides is 2. The maximum Gasteiger partial charge on any atom is 0.342 e. The summed E-state index contributed by atoms with van der Waals surface area (Å²) in [5, 5.41) is 0. The number of ether oxygens (including phenoxy) is 1. The molecule has 5 nitrogen and oxygen atoms in total. The Bertz CT molecular complexity index is 943. The lowest BCUT2D eigenvalue weighted by atomic mass is 10.1. The molecule has 1 aliphatic heterocycles. The third kappa shape index (κ3) is 3.41. The van der Waals surface area contributed by atoms with Crippen molar-refractivity contribution in [1.29, 1.82) is 0 Å². The van der Waals surface area contributed by atoms with Crippen molar-refractivity contribution in [3.8, 4) is 0 Å². The Kier molecular flexibility index (Phi) is 5.20. The molecule has 2 aromatic rings. The first kappa shape index (κ1) is 18.9. The SMILES string of the molecule is CCOC(=O)c1c(N(c2ccc(F)cc2F)C(F)F)cc(=O)n2c1CCC2. The topological polar surface area (TPSA) is 51.5 Å². The summed E-state index contributed by atoms with van der Waals surface area (Å²) in [5.41, 5.74) is -1.65. The van der Waals surface area contributed by atoms with E-state index < -0.39 is 41.1 Å². The van der Waals surface area contributed by atoms with Crippen LogP contribution in [0.4, 0.5) is 28.9 Å². The molecule has 0 aliphatic carbocycles. The fraction of sp³-hybridized carbons (Fsp3) is 0.333. The molecule has 1 aliphatic rings. The van der Waals surface area contributed by atoms with Gasteiger partial charge in [0.1, 0.15) is 17.2 Å². The lowest BCUT2D eigenvalue weighted by Gasteiger charge is -2.27. The molecule has 0 saturated carbocycles. The van der Waals surface area contributed by atoms with Crippen molar-refractivity contribution in [2.24, 2.45) is 0 Å². The monoisotopic (exact) mass is 384 g/mol. The highest BCUT2D eigenvalue weighted by atomic mass is 19.3. The second kappa shape index (κ2) is 7.42. The summed E-state index contributed by atoms with van der Waals surface area (Å²) in [6, 6.07) is 2.96. The number of halogens is 4. The molecule has 0 radical (unpaired) electrons. The van der Waals surface area contributed by atoms with Crippen LogP contribution in [0, 0.1) is 11.6 Å². The lowest BCUT2D eigenvalue weighted by molar-refractivity contribution is 0.0524. The van der Waals surface area contributed by atoms with E-state index in [2.05, 4.69) is 0 Å². The number of fused-ring (bicyclic) bond motifs is 1. The average Bonchev–Trinajstić information content (AvgIpc) is 3.07. The number of esters is 1. The van der Waals surface area contributed by atoms with Crippen LogP contribution in [0.25, 0.3) is 0 Å². The summed E-state index contributed by atoms with van der Waals surface area (Å²) in [7, 11) is 0. The van der Waals surface area contributed by atoms with Gasteiger partial charge in [-0.3, -0.25) is 9.69 Å². The zero-order valence-electron chi connectivity index (χ0n) is 14.3. The Morgan fingerprint density at radius 1 is 1.26 bits per heavy atom. The predicted octanol–water partition coefficient (Wildman–Crippen LogP) is 3.61. The van der Waals surface area contributed by atoms with Gasteiger partial charge in [-0.15, -0.1) is 0 Å². The molecule has 0 spiro atoms. The van der Waals surface area contributed by atoms with Crippen LogP contribution in [0.1, 0.15) is 29.4 Å². The van der Waals surface area contributed by atoms with Crippen LogP contribution in [-0.2, 0) is 17.7 Å². The first-order valence-electron chi connectivity index (χ1n) is 8.31. The average molecular weight is 384 g/mol. The third-order valence-corrected chi connectivity index (χ3v) is 4.30. The smallest absolute Gasteiger partial charge is 0.342 e. The minimum atomic E-state index is -3.29. The molecule has 0 bridgehead atoms. The molecule has 144 valence electrons. The van der Waals surface area contributed by atoms with Gasteiger partial charge in [0.25, 0.3) is 5.56 Å². The third-order valence-electron chi connectivity index (χ3n) is 4.30. The van der Waals surface area contributed by atoms with E-state index in [0.29, 0.717) is 25.5 Å². The van der Waals surface area contributed by atoms with Crippen molar-refractivity contribution in [2.45, 2.75) is 32.9 Å². The largest absolute Gasteiger partial charge is 0.462 e. The van der Waals surface area contributed by atoms with E-state index in [-0.39, 0.29) is 22.8 Å². The fourth-order valence-electron chi connectivity index (χ4n) is 3.22. The van der Waals surface area contributed by atoms with E-state index in [1.807, 2.05) is 0 Å². The fourth-order valence-corrected chi connectivity index (χ4v) is 3.22. The lowest BCUT2D eigenvalue weighted by Crippen LogP contribution is -2.31. The van der Waals surface area contributed by atoms with E-state index in [0.717, 1.165) is 18.2 Å². The standard InChI is InChI=1S/C18H16F4N2O3/c1-2-27-17(26)16-13-4-3-7-23(13)15(25)9-14(16)24(18(21)22)12-6-5-10(19)8-11(12)20/h5-6,8-9,18H,2-4,7H2,1H3. The summed E-state index contributed by atoms with van der Waals surface area (Å²) in [4.78, 5) is 25.0. The molecular weight excluding hydrogens is 368 g/mol. The summed E-state index contributed by atoms with van der Waals surface area (Å²) < 4.78 is 61.4. The van der Waals surface area contributed by atoms with Gasteiger partial charge in [0.05, 0.1) is 18.0 Å². The molecule has 27 heavy (non-hydrogen) atoms. The predicted molar refractivity (Wildman–Crippen MR) is 89.5 cm³/mol. The number of hydrogen-bond acceptors (Lipinski definition) is 4. The highest BCUT2D eigenvalue weighted by Gasteiger charge is 2.32. The number of carbonyl (C=O) groups excluding carboxylic acids is 1. The van der Waals surface area contributed by atoms with E-state index >= 15 is 0 Å². The van der Waals surface area contributed by atoms with Gasteiger partial charge in [0.2, 0.25) is 0 Å². The minimum Gasteiger partial charge on any atom is -0.462 e. The van der Waals surface area contributed by atoms with Gasteiger partial charge in [-0.05, 0) is 31.9 Å². The summed E-state index contributed by atoms with van der Waals surface area (Å²) in [5.74, 6) is -3.07. The molecule has 2 heterocycles. The summed E-state index contributed by atoms with van der Waals surface area (Å²) >= 11 is 0. The van der Waals surface area contributed by atoms with Gasteiger partial charge in [-0.1, -0.05) is 0 Å². The van der Waals surface area contributed by atoms with Crippen LogP contribution in [0.3, 0.4) is 0 Å². The Hall–Kier alpha value is -2.84. The second-order valence-corrected chi connectivity index (χ2v) is 5.91. The van der Waals surface area contributed by atoms with Gasteiger partial charge in [-0.25, -0.2) is 13.6 Å². The normalized spacial score (nSPS) is 13.0. The van der Waals surface area contributed by atoms with Crippen LogP contribution < -0.4 is 10.5 Å². The molecule has 0 saturated heterocycles. The van der Waals surface area contributed by atoms with E-state index in [1.54, 1.807) is 6.92 Å². The van der Waals surface area contributed by atoms with Gasteiger partial charge in [0.15, 0.2) is 0 Å². The molecule has 3 rings (SSSR count). The first-order valence-corrected chi connectivity index (χ1v) is 8.31. The number of benzene rings is 1. The van der Waals surface area contributed by atoms with Crippen LogP contribution >= 0.6 is 0 Å². The van der Waals surface area contributed by atoms with Gasteiger partial charge in [0, 0.05) is 24.4 Å². The zero-order valence-corrected chi connectivity index (χ0v) is 14.3. The Morgan fingerprint density at radius 3 is 2.63 bits per heavy atom. The molecule has 0 fully saturated rings. The van der Waals surface area contributed by atoms with Crippen molar-refractivity contribution in [3.63, 3.8) is 0 Å². The van der Waals surface area contributed by atoms with Crippen molar-refractivity contribution >= 4 is 17.3 Å². The number of anilines is 2. The Labute approximate surface area is 151 Å².